The van der Waals surface area contributed by atoms with Gasteiger partial charge in [-0.05, 0) is 57.0 Å². The molecule has 7 heteroatoms. The Hall–Kier alpha value is -3.87. The van der Waals surface area contributed by atoms with Crippen LogP contribution in [0.4, 0.5) is 17.2 Å². The van der Waals surface area contributed by atoms with Crippen molar-refractivity contribution in [3.8, 4) is 11.3 Å². The summed E-state index contributed by atoms with van der Waals surface area (Å²) >= 11 is 0. The maximum Gasteiger partial charge on any atom is 0.257 e. The molecule has 0 aliphatic rings. The standard InChI is InChI=1S/C24H26N6O/c1-14(2)27-22-23-26-10-11-30(23)13-21(28-22)17-6-5-7-20(16(17)4)29-24(31)18-9-8-15(3)12-19(18)25/h5-14H,25H2,1-4H3,(H,27,28)(H,29,31). The quantitative estimate of drug-likeness (QED) is 0.412. The molecule has 2 heterocycles. The molecule has 0 aliphatic carbocycles. The molecule has 7 nitrogen and oxygen atoms in total. The van der Waals surface area contributed by atoms with E-state index in [1.807, 2.05) is 54.9 Å². The summed E-state index contributed by atoms with van der Waals surface area (Å²) in [5.74, 6) is 0.483. The first kappa shape index (κ1) is 20.4. The average molecular weight is 415 g/mol. The second kappa shape index (κ2) is 8.10. The van der Waals surface area contributed by atoms with E-state index < -0.39 is 0 Å². The number of nitrogens with two attached hydrogens (primary N) is 1. The lowest BCUT2D eigenvalue weighted by Gasteiger charge is -2.15. The van der Waals surface area contributed by atoms with Crippen molar-refractivity contribution in [2.75, 3.05) is 16.4 Å². The molecule has 2 aromatic carbocycles. The number of nitrogens with one attached hydrogen (secondary N) is 2. The van der Waals surface area contributed by atoms with Gasteiger partial charge in [0.1, 0.15) is 0 Å². The highest BCUT2D eigenvalue weighted by molar-refractivity contribution is 6.08. The highest BCUT2D eigenvalue weighted by Gasteiger charge is 2.15. The number of hydrogen-bond acceptors (Lipinski definition) is 5. The van der Waals surface area contributed by atoms with Crippen LogP contribution in [-0.4, -0.2) is 26.3 Å². The second-order valence-electron chi connectivity index (χ2n) is 7.95. The summed E-state index contributed by atoms with van der Waals surface area (Å²) in [6, 6.07) is 11.4. The number of amides is 1. The van der Waals surface area contributed by atoms with E-state index in [0.29, 0.717) is 16.9 Å². The normalized spacial score (nSPS) is 11.1. The van der Waals surface area contributed by atoms with E-state index in [9.17, 15) is 4.79 Å². The van der Waals surface area contributed by atoms with Gasteiger partial charge in [-0.3, -0.25) is 4.79 Å². The molecule has 4 aromatic rings. The number of nitrogens with zero attached hydrogens (tertiary/aromatic N) is 3. The number of carbonyl (C=O) groups is 1. The molecule has 0 radical (unpaired) electrons. The number of fused-ring (bicyclic) bond motifs is 1. The van der Waals surface area contributed by atoms with E-state index in [0.717, 1.165) is 33.8 Å². The Balaban J connectivity index is 1.72. The molecule has 0 saturated heterocycles. The summed E-state index contributed by atoms with van der Waals surface area (Å²) in [4.78, 5) is 22.1. The number of imidazole rings is 1. The topological polar surface area (TPSA) is 97.3 Å². The molecule has 0 atom stereocenters. The molecule has 0 aliphatic heterocycles. The first-order chi connectivity index (χ1) is 14.8. The number of anilines is 3. The Kier molecular flexibility index (Phi) is 5.33. The number of carbonyl (C=O) groups excluding carboxylic acids is 1. The maximum absolute atomic E-state index is 12.8. The zero-order valence-electron chi connectivity index (χ0n) is 18.1. The largest absolute Gasteiger partial charge is 0.398 e. The fourth-order valence-electron chi connectivity index (χ4n) is 3.56. The Morgan fingerprint density at radius 2 is 1.97 bits per heavy atom. The summed E-state index contributed by atoms with van der Waals surface area (Å²) in [6.45, 7) is 8.04. The molecular weight excluding hydrogens is 388 g/mol. The van der Waals surface area contributed by atoms with Crippen LogP contribution < -0.4 is 16.4 Å². The minimum Gasteiger partial charge on any atom is -0.398 e. The third kappa shape index (κ3) is 4.07. The van der Waals surface area contributed by atoms with Crippen molar-refractivity contribution in [3.63, 3.8) is 0 Å². The number of rotatable bonds is 5. The summed E-state index contributed by atoms with van der Waals surface area (Å²) in [5, 5.41) is 6.36. The summed E-state index contributed by atoms with van der Waals surface area (Å²) in [5.41, 5.74) is 12.1. The van der Waals surface area contributed by atoms with Crippen LogP contribution in [-0.2, 0) is 0 Å². The first-order valence-corrected chi connectivity index (χ1v) is 10.2. The smallest absolute Gasteiger partial charge is 0.257 e. The van der Waals surface area contributed by atoms with Gasteiger partial charge in [-0.2, -0.15) is 0 Å². The van der Waals surface area contributed by atoms with Gasteiger partial charge in [-0.15, -0.1) is 0 Å². The summed E-state index contributed by atoms with van der Waals surface area (Å²) in [6.07, 6.45) is 5.59. The molecule has 0 saturated carbocycles. The van der Waals surface area contributed by atoms with E-state index >= 15 is 0 Å². The predicted molar refractivity (Wildman–Crippen MR) is 125 cm³/mol. The van der Waals surface area contributed by atoms with E-state index in [1.54, 1.807) is 18.3 Å². The van der Waals surface area contributed by atoms with Crippen molar-refractivity contribution in [1.82, 2.24) is 14.4 Å². The highest BCUT2D eigenvalue weighted by Crippen LogP contribution is 2.30. The highest BCUT2D eigenvalue weighted by atomic mass is 16.1. The van der Waals surface area contributed by atoms with Gasteiger partial charge >= 0.3 is 0 Å². The maximum atomic E-state index is 12.8. The molecule has 158 valence electrons. The van der Waals surface area contributed by atoms with Crippen LogP contribution >= 0.6 is 0 Å². The fourth-order valence-corrected chi connectivity index (χ4v) is 3.56. The van der Waals surface area contributed by atoms with Crippen molar-refractivity contribution in [1.29, 1.82) is 0 Å². The van der Waals surface area contributed by atoms with Gasteiger partial charge in [0.2, 0.25) is 0 Å². The summed E-state index contributed by atoms with van der Waals surface area (Å²) in [7, 11) is 0. The monoisotopic (exact) mass is 414 g/mol. The van der Waals surface area contributed by atoms with E-state index in [1.165, 1.54) is 0 Å². The van der Waals surface area contributed by atoms with Crippen molar-refractivity contribution >= 4 is 28.7 Å². The molecule has 4 N–H and O–H groups in total. The van der Waals surface area contributed by atoms with Crippen molar-refractivity contribution in [2.45, 2.75) is 33.7 Å². The van der Waals surface area contributed by atoms with Gasteiger partial charge in [-0.25, -0.2) is 9.97 Å². The number of hydrogen-bond donors (Lipinski definition) is 3. The number of benzene rings is 2. The minimum absolute atomic E-state index is 0.218. The van der Waals surface area contributed by atoms with E-state index in [4.69, 9.17) is 10.7 Å². The Bertz CT molecular complexity index is 1270. The lowest BCUT2D eigenvalue weighted by atomic mass is 10.0. The van der Waals surface area contributed by atoms with Crippen LogP contribution in [0.1, 0.15) is 35.3 Å². The second-order valence-corrected chi connectivity index (χ2v) is 7.95. The SMILES string of the molecule is Cc1ccc(C(=O)Nc2cccc(-c3cn4ccnc4c(NC(C)C)n3)c2C)c(N)c1. The molecule has 1 amide bonds. The first-order valence-electron chi connectivity index (χ1n) is 10.2. The molecule has 31 heavy (non-hydrogen) atoms. The third-order valence-corrected chi connectivity index (χ3v) is 5.11. The van der Waals surface area contributed by atoms with Crippen LogP contribution in [0.15, 0.2) is 55.0 Å². The number of nitrogen functional groups attached to an aromatic ring is 1. The van der Waals surface area contributed by atoms with Crippen LogP contribution in [0.25, 0.3) is 16.9 Å². The average Bonchev–Trinajstić information content (AvgIpc) is 3.18. The van der Waals surface area contributed by atoms with Crippen LogP contribution in [0, 0.1) is 13.8 Å². The molecule has 0 spiro atoms. The molecule has 4 rings (SSSR count). The summed E-state index contributed by atoms with van der Waals surface area (Å²) < 4.78 is 1.95. The predicted octanol–water partition coefficient (Wildman–Crippen LogP) is 4.67. The fraction of sp³-hybridized carbons (Fsp3) is 0.208. The molecular formula is C24H26N6O. The Morgan fingerprint density at radius 3 is 2.71 bits per heavy atom. The van der Waals surface area contributed by atoms with Crippen LogP contribution in [0.3, 0.4) is 0 Å². The molecule has 0 fully saturated rings. The lowest BCUT2D eigenvalue weighted by Crippen LogP contribution is -2.15. The van der Waals surface area contributed by atoms with E-state index in [-0.39, 0.29) is 11.9 Å². The van der Waals surface area contributed by atoms with Crippen molar-refractivity contribution < 1.29 is 4.79 Å². The van der Waals surface area contributed by atoms with Gasteiger partial charge in [0.15, 0.2) is 11.5 Å². The van der Waals surface area contributed by atoms with Gasteiger partial charge in [0.05, 0.1) is 11.3 Å². The molecule has 0 bridgehead atoms. The zero-order chi connectivity index (χ0) is 22.1. The van der Waals surface area contributed by atoms with Crippen LogP contribution in [0.5, 0.6) is 0 Å². The molecule has 2 aromatic heterocycles. The van der Waals surface area contributed by atoms with E-state index in [2.05, 4.69) is 29.5 Å². The van der Waals surface area contributed by atoms with Gasteiger partial charge in [-0.1, -0.05) is 18.2 Å². The van der Waals surface area contributed by atoms with Gasteiger partial charge in [0, 0.05) is 41.6 Å². The number of aromatic nitrogens is 3. The zero-order valence-corrected chi connectivity index (χ0v) is 18.1. The van der Waals surface area contributed by atoms with Gasteiger partial charge < -0.3 is 20.8 Å². The third-order valence-electron chi connectivity index (χ3n) is 5.11. The Morgan fingerprint density at radius 1 is 1.16 bits per heavy atom. The van der Waals surface area contributed by atoms with Crippen LogP contribution in [0.2, 0.25) is 0 Å². The van der Waals surface area contributed by atoms with Gasteiger partial charge in [0.25, 0.3) is 5.91 Å². The Labute approximate surface area is 181 Å². The minimum atomic E-state index is -0.238. The van der Waals surface area contributed by atoms with Crippen molar-refractivity contribution in [2.24, 2.45) is 0 Å². The number of aryl methyl sites for hydroxylation is 1. The lowest BCUT2D eigenvalue weighted by molar-refractivity contribution is 0.102. The molecule has 0 unspecified atom stereocenters. The van der Waals surface area contributed by atoms with Crippen molar-refractivity contribution in [3.05, 3.63) is 71.7 Å².